The Morgan fingerprint density at radius 3 is 2.62 bits per heavy atom. The fraction of sp³-hybridized carbons (Fsp3) is 0.111. The largest absolute Gasteiger partial charge is 0.489 e. The van der Waals surface area contributed by atoms with Crippen LogP contribution in [-0.2, 0) is 7.05 Å². The van der Waals surface area contributed by atoms with Gasteiger partial charge in [0.2, 0.25) is 0 Å². The van der Waals surface area contributed by atoms with E-state index in [9.17, 15) is 10.2 Å². The summed E-state index contributed by atoms with van der Waals surface area (Å²) in [6.07, 6.45) is 0. The number of hydrogen-bond donors (Lipinski definition) is 2. The lowest BCUT2D eigenvalue weighted by Gasteiger charge is -2.00. The third-order valence-corrected chi connectivity index (χ3v) is 2.38. The van der Waals surface area contributed by atoms with Crippen molar-refractivity contribution in [3.8, 4) is 11.8 Å². The smallest absolute Gasteiger partial charge is 0.276 e. The fourth-order valence-corrected chi connectivity index (χ4v) is 1.60. The van der Waals surface area contributed by atoms with Crippen LogP contribution in [0.15, 0.2) is 12.1 Å². The van der Waals surface area contributed by atoms with Gasteiger partial charge in [-0.25, -0.2) is 14.6 Å². The van der Waals surface area contributed by atoms with Gasteiger partial charge in [-0.1, -0.05) is 5.21 Å². The number of aromatic hydroxyl groups is 2. The first-order valence-electron chi connectivity index (χ1n) is 4.55. The summed E-state index contributed by atoms with van der Waals surface area (Å²) in [6, 6.07) is 3.47. The second-order valence-corrected chi connectivity index (χ2v) is 3.38. The van der Waals surface area contributed by atoms with Gasteiger partial charge in [-0.2, -0.15) is 0 Å². The zero-order chi connectivity index (χ0) is 11.3. The van der Waals surface area contributed by atoms with E-state index in [0.717, 1.165) is 5.52 Å². The van der Waals surface area contributed by atoms with Gasteiger partial charge in [0.25, 0.3) is 11.8 Å². The topological polar surface area (TPSA) is 97.0 Å². The molecule has 2 heterocycles. The summed E-state index contributed by atoms with van der Waals surface area (Å²) >= 11 is 0. The Kier molecular flexibility index (Phi) is 1.54. The highest BCUT2D eigenvalue weighted by atomic mass is 16.3. The number of aryl methyl sites for hydroxylation is 1. The summed E-state index contributed by atoms with van der Waals surface area (Å²) in [7, 11) is 1.76. The van der Waals surface area contributed by atoms with E-state index in [-0.39, 0.29) is 0 Å². The Labute approximate surface area is 89.0 Å². The van der Waals surface area contributed by atoms with Gasteiger partial charge in [0, 0.05) is 7.05 Å². The van der Waals surface area contributed by atoms with Crippen LogP contribution in [0.3, 0.4) is 0 Å². The molecule has 0 aliphatic carbocycles. The molecule has 0 saturated heterocycles. The van der Waals surface area contributed by atoms with Gasteiger partial charge in [-0.15, -0.1) is 5.10 Å². The van der Waals surface area contributed by atoms with Gasteiger partial charge in [-0.05, 0) is 12.1 Å². The number of benzene rings is 1. The minimum absolute atomic E-state index is 0.418. The molecule has 3 aromatic rings. The molecule has 0 radical (unpaired) electrons. The fourth-order valence-electron chi connectivity index (χ4n) is 1.60. The highest BCUT2D eigenvalue weighted by molar-refractivity contribution is 5.99. The lowest BCUT2D eigenvalue weighted by atomic mass is 10.2. The van der Waals surface area contributed by atoms with E-state index < -0.39 is 11.8 Å². The first kappa shape index (κ1) is 8.84. The van der Waals surface area contributed by atoms with Crippen molar-refractivity contribution in [3.05, 3.63) is 12.1 Å². The lowest BCUT2D eigenvalue weighted by molar-refractivity contribution is 0.378. The molecule has 0 fully saturated rings. The van der Waals surface area contributed by atoms with Crippen LogP contribution in [0.1, 0.15) is 0 Å². The molecular formula is C9H7N5O2. The van der Waals surface area contributed by atoms with Crippen LogP contribution in [0, 0.1) is 0 Å². The summed E-state index contributed by atoms with van der Waals surface area (Å²) in [5.41, 5.74) is 2.21. The first-order chi connectivity index (χ1) is 7.66. The molecule has 1 aromatic carbocycles. The van der Waals surface area contributed by atoms with Crippen LogP contribution < -0.4 is 0 Å². The Morgan fingerprint density at radius 1 is 1.06 bits per heavy atom. The van der Waals surface area contributed by atoms with Crippen molar-refractivity contribution < 1.29 is 10.2 Å². The summed E-state index contributed by atoms with van der Waals surface area (Å²) < 4.78 is 1.60. The molecule has 0 aliphatic rings. The normalized spacial score (nSPS) is 11.3. The Morgan fingerprint density at radius 2 is 1.81 bits per heavy atom. The molecule has 0 atom stereocenters. The zero-order valence-corrected chi connectivity index (χ0v) is 8.29. The van der Waals surface area contributed by atoms with Gasteiger partial charge in [0.05, 0.1) is 11.0 Å². The van der Waals surface area contributed by atoms with Gasteiger partial charge in [-0.3, -0.25) is 0 Å². The molecule has 3 rings (SSSR count). The predicted octanol–water partition coefficient (Wildman–Crippen LogP) is 0.323. The molecule has 80 valence electrons. The first-order valence-corrected chi connectivity index (χ1v) is 4.55. The maximum atomic E-state index is 9.30. The molecule has 0 saturated carbocycles. The molecule has 0 amide bonds. The third kappa shape index (κ3) is 1.02. The Bertz CT molecular complexity index is 706. The second kappa shape index (κ2) is 2.78. The van der Waals surface area contributed by atoms with E-state index >= 15 is 0 Å². The molecular weight excluding hydrogens is 210 g/mol. The van der Waals surface area contributed by atoms with Crippen LogP contribution in [0.25, 0.3) is 22.1 Å². The van der Waals surface area contributed by atoms with Gasteiger partial charge >= 0.3 is 0 Å². The van der Waals surface area contributed by atoms with E-state index in [1.54, 1.807) is 23.9 Å². The highest BCUT2D eigenvalue weighted by Crippen LogP contribution is 2.26. The summed E-state index contributed by atoms with van der Waals surface area (Å²) in [5, 5.41) is 26.3. The summed E-state index contributed by atoms with van der Waals surface area (Å²) in [5.74, 6) is -0.999. The van der Waals surface area contributed by atoms with E-state index in [1.165, 1.54) is 0 Å². The van der Waals surface area contributed by atoms with Crippen molar-refractivity contribution in [1.29, 1.82) is 0 Å². The molecule has 2 N–H and O–H groups in total. The third-order valence-electron chi connectivity index (χ3n) is 2.38. The maximum Gasteiger partial charge on any atom is 0.276 e. The van der Waals surface area contributed by atoms with Gasteiger partial charge < -0.3 is 10.2 Å². The number of aromatic nitrogens is 5. The second-order valence-electron chi connectivity index (χ2n) is 3.38. The molecule has 0 aliphatic heterocycles. The molecule has 0 bridgehead atoms. The minimum atomic E-state index is -0.509. The number of hydrogen-bond acceptors (Lipinski definition) is 6. The van der Waals surface area contributed by atoms with Crippen LogP contribution in [-0.4, -0.2) is 35.2 Å². The van der Waals surface area contributed by atoms with Crippen LogP contribution >= 0.6 is 0 Å². The van der Waals surface area contributed by atoms with Gasteiger partial charge in [0.15, 0.2) is 0 Å². The van der Waals surface area contributed by atoms with E-state index in [1.807, 2.05) is 0 Å². The zero-order valence-electron chi connectivity index (χ0n) is 8.29. The van der Waals surface area contributed by atoms with E-state index in [2.05, 4.69) is 20.3 Å². The van der Waals surface area contributed by atoms with Crippen molar-refractivity contribution in [1.82, 2.24) is 25.0 Å². The quantitative estimate of drug-likeness (QED) is 0.563. The highest BCUT2D eigenvalue weighted by Gasteiger charge is 2.12. The van der Waals surface area contributed by atoms with E-state index in [0.29, 0.717) is 16.6 Å². The maximum absolute atomic E-state index is 9.30. The average Bonchev–Trinajstić information content (AvgIpc) is 2.63. The standard InChI is InChI=1S/C9H7N5O2/c1-14-5-3-2-4-6(7(5)12-13-14)11-9(16)8(15)10-4/h2-3H,1H3,(H,10,15)(H,11,16). The molecule has 2 aromatic heterocycles. The lowest BCUT2D eigenvalue weighted by Crippen LogP contribution is -1.90. The number of rotatable bonds is 0. The van der Waals surface area contributed by atoms with Crippen molar-refractivity contribution in [2.75, 3.05) is 0 Å². The van der Waals surface area contributed by atoms with Crippen LogP contribution in [0.4, 0.5) is 0 Å². The minimum Gasteiger partial charge on any atom is -0.489 e. The predicted molar refractivity (Wildman–Crippen MR) is 54.9 cm³/mol. The molecule has 16 heavy (non-hydrogen) atoms. The Balaban J connectivity index is 2.55. The number of fused-ring (bicyclic) bond motifs is 3. The SMILES string of the molecule is Cn1nnc2c3nc(O)c(O)nc3ccc21. The molecule has 0 spiro atoms. The summed E-state index contributed by atoms with van der Waals surface area (Å²) in [6.45, 7) is 0. The molecule has 7 heteroatoms. The monoisotopic (exact) mass is 217 g/mol. The van der Waals surface area contributed by atoms with Crippen LogP contribution in [0.5, 0.6) is 11.8 Å². The molecule has 0 unspecified atom stereocenters. The average molecular weight is 217 g/mol. The van der Waals surface area contributed by atoms with Crippen molar-refractivity contribution in [3.63, 3.8) is 0 Å². The van der Waals surface area contributed by atoms with Crippen molar-refractivity contribution in [2.24, 2.45) is 7.05 Å². The van der Waals surface area contributed by atoms with Gasteiger partial charge in [0.1, 0.15) is 11.0 Å². The van der Waals surface area contributed by atoms with Crippen molar-refractivity contribution in [2.45, 2.75) is 0 Å². The Hall–Kier alpha value is -2.44. The number of nitrogens with zero attached hydrogens (tertiary/aromatic N) is 5. The van der Waals surface area contributed by atoms with Crippen molar-refractivity contribution >= 4 is 22.1 Å². The van der Waals surface area contributed by atoms with Crippen LogP contribution in [0.2, 0.25) is 0 Å². The molecule has 7 nitrogen and oxygen atoms in total. The van der Waals surface area contributed by atoms with E-state index in [4.69, 9.17) is 0 Å². The summed E-state index contributed by atoms with van der Waals surface area (Å²) in [4.78, 5) is 7.64.